The number of hydrogen-bond donors (Lipinski definition) is 1. The van der Waals surface area contributed by atoms with Crippen molar-refractivity contribution >= 4 is 0 Å². The molecule has 0 spiro atoms. The first kappa shape index (κ1) is 12.1. The van der Waals surface area contributed by atoms with E-state index in [2.05, 4.69) is 48.5 Å². The molecule has 1 rings (SSSR count). The topological polar surface area (TPSA) is 55.6 Å². The zero-order chi connectivity index (χ0) is 11.5. The Kier molecular flexibility index (Phi) is 3.79. The molecule has 0 aliphatic heterocycles. The van der Waals surface area contributed by atoms with E-state index in [4.69, 9.17) is 0 Å². The second kappa shape index (κ2) is 4.70. The standard InChI is InChI=1S/C10H21N5/c1-8(2)10(3,4)7-15-9(6-11-5)12-13-14-15/h8,11H,6-7H2,1-5H3. The molecule has 0 saturated carbocycles. The summed E-state index contributed by atoms with van der Waals surface area (Å²) >= 11 is 0. The lowest BCUT2D eigenvalue weighted by atomic mass is 9.81. The van der Waals surface area contributed by atoms with Crippen LogP contribution in [0.15, 0.2) is 0 Å². The lowest BCUT2D eigenvalue weighted by Gasteiger charge is -2.29. The minimum Gasteiger partial charge on any atom is -0.313 e. The molecule has 15 heavy (non-hydrogen) atoms. The fraction of sp³-hybridized carbons (Fsp3) is 0.900. The molecule has 86 valence electrons. The molecule has 0 amide bonds. The molecular formula is C10H21N5. The number of aromatic nitrogens is 4. The van der Waals surface area contributed by atoms with Gasteiger partial charge in [0.2, 0.25) is 0 Å². The SMILES string of the molecule is CNCc1nnnn1CC(C)(C)C(C)C. The van der Waals surface area contributed by atoms with Crippen LogP contribution in [0.3, 0.4) is 0 Å². The van der Waals surface area contributed by atoms with Gasteiger partial charge in [0.15, 0.2) is 5.82 Å². The van der Waals surface area contributed by atoms with Gasteiger partial charge in [-0.3, -0.25) is 0 Å². The highest BCUT2D eigenvalue weighted by Gasteiger charge is 2.24. The molecule has 1 N–H and O–H groups in total. The van der Waals surface area contributed by atoms with Crippen LogP contribution in [0.2, 0.25) is 0 Å². The quantitative estimate of drug-likeness (QED) is 0.791. The third-order valence-corrected chi connectivity index (χ3v) is 3.06. The van der Waals surface area contributed by atoms with E-state index in [1.807, 2.05) is 11.7 Å². The van der Waals surface area contributed by atoms with E-state index in [9.17, 15) is 0 Å². The third-order valence-electron chi connectivity index (χ3n) is 3.06. The largest absolute Gasteiger partial charge is 0.313 e. The van der Waals surface area contributed by atoms with Crippen LogP contribution in [0, 0.1) is 11.3 Å². The first-order valence-electron chi connectivity index (χ1n) is 5.37. The summed E-state index contributed by atoms with van der Waals surface area (Å²) in [7, 11) is 1.90. The molecule has 0 fully saturated rings. The highest BCUT2D eigenvalue weighted by molar-refractivity contribution is 4.83. The lowest BCUT2D eigenvalue weighted by molar-refractivity contribution is 0.196. The Morgan fingerprint density at radius 2 is 2.07 bits per heavy atom. The minimum atomic E-state index is 0.206. The fourth-order valence-electron chi connectivity index (χ4n) is 1.20. The van der Waals surface area contributed by atoms with E-state index in [0.717, 1.165) is 12.4 Å². The van der Waals surface area contributed by atoms with E-state index in [-0.39, 0.29) is 5.41 Å². The van der Waals surface area contributed by atoms with Crippen LogP contribution in [0.25, 0.3) is 0 Å². The van der Waals surface area contributed by atoms with Gasteiger partial charge in [0, 0.05) is 0 Å². The maximum absolute atomic E-state index is 4.02. The van der Waals surface area contributed by atoms with Gasteiger partial charge in [0.1, 0.15) is 0 Å². The molecule has 0 radical (unpaired) electrons. The second-order valence-corrected chi connectivity index (χ2v) is 4.93. The Morgan fingerprint density at radius 1 is 1.40 bits per heavy atom. The predicted molar refractivity (Wildman–Crippen MR) is 59.2 cm³/mol. The number of rotatable bonds is 5. The van der Waals surface area contributed by atoms with Gasteiger partial charge in [-0.2, -0.15) is 0 Å². The molecule has 0 bridgehead atoms. The summed E-state index contributed by atoms with van der Waals surface area (Å²) in [4.78, 5) is 0. The molecule has 0 aromatic carbocycles. The van der Waals surface area contributed by atoms with E-state index in [0.29, 0.717) is 12.5 Å². The second-order valence-electron chi connectivity index (χ2n) is 4.93. The van der Waals surface area contributed by atoms with Crippen LogP contribution in [0.4, 0.5) is 0 Å². The van der Waals surface area contributed by atoms with Crippen molar-refractivity contribution in [3.63, 3.8) is 0 Å². The zero-order valence-electron chi connectivity index (χ0n) is 10.3. The van der Waals surface area contributed by atoms with Gasteiger partial charge in [0.05, 0.1) is 13.1 Å². The Morgan fingerprint density at radius 3 is 2.60 bits per heavy atom. The van der Waals surface area contributed by atoms with Crippen LogP contribution in [-0.2, 0) is 13.1 Å². The van der Waals surface area contributed by atoms with Crippen molar-refractivity contribution in [1.29, 1.82) is 0 Å². The van der Waals surface area contributed by atoms with Gasteiger partial charge in [-0.1, -0.05) is 27.7 Å². The maximum atomic E-state index is 4.02. The van der Waals surface area contributed by atoms with E-state index >= 15 is 0 Å². The molecule has 0 saturated heterocycles. The normalized spacial score (nSPS) is 12.4. The molecule has 1 heterocycles. The molecule has 5 nitrogen and oxygen atoms in total. The van der Waals surface area contributed by atoms with Gasteiger partial charge < -0.3 is 5.32 Å². The number of hydrogen-bond acceptors (Lipinski definition) is 4. The Hall–Kier alpha value is -0.970. The van der Waals surface area contributed by atoms with Crippen LogP contribution in [0.1, 0.15) is 33.5 Å². The molecule has 0 aliphatic rings. The summed E-state index contributed by atoms with van der Waals surface area (Å²) in [5, 5.41) is 14.8. The van der Waals surface area contributed by atoms with Crippen molar-refractivity contribution < 1.29 is 0 Å². The van der Waals surface area contributed by atoms with Gasteiger partial charge in [-0.05, 0) is 28.8 Å². The van der Waals surface area contributed by atoms with Crippen molar-refractivity contribution in [3.05, 3.63) is 5.82 Å². The van der Waals surface area contributed by atoms with Gasteiger partial charge in [0.25, 0.3) is 0 Å². The lowest BCUT2D eigenvalue weighted by Crippen LogP contribution is -2.28. The molecular weight excluding hydrogens is 190 g/mol. The van der Waals surface area contributed by atoms with Crippen molar-refractivity contribution in [2.24, 2.45) is 11.3 Å². The van der Waals surface area contributed by atoms with Crippen molar-refractivity contribution in [2.45, 2.75) is 40.8 Å². The molecule has 0 atom stereocenters. The Labute approximate surface area is 91.2 Å². The smallest absolute Gasteiger partial charge is 0.165 e. The highest BCUT2D eigenvalue weighted by atomic mass is 15.5. The monoisotopic (exact) mass is 211 g/mol. The molecule has 0 unspecified atom stereocenters. The van der Waals surface area contributed by atoms with E-state index in [1.165, 1.54) is 0 Å². The molecule has 1 aromatic rings. The van der Waals surface area contributed by atoms with Gasteiger partial charge in [-0.25, -0.2) is 4.68 Å². The summed E-state index contributed by atoms with van der Waals surface area (Å²) in [6, 6.07) is 0. The minimum absolute atomic E-state index is 0.206. The zero-order valence-corrected chi connectivity index (χ0v) is 10.3. The highest BCUT2D eigenvalue weighted by Crippen LogP contribution is 2.27. The first-order valence-corrected chi connectivity index (χ1v) is 5.37. The molecule has 1 aromatic heterocycles. The molecule has 5 heteroatoms. The van der Waals surface area contributed by atoms with Crippen LogP contribution >= 0.6 is 0 Å². The van der Waals surface area contributed by atoms with Crippen molar-refractivity contribution in [1.82, 2.24) is 25.5 Å². The van der Waals surface area contributed by atoms with Crippen LogP contribution in [-0.4, -0.2) is 27.3 Å². The van der Waals surface area contributed by atoms with Gasteiger partial charge >= 0.3 is 0 Å². The number of nitrogens with zero attached hydrogens (tertiary/aromatic N) is 4. The van der Waals surface area contributed by atoms with E-state index < -0.39 is 0 Å². The van der Waals surface area contributed by atoms with Crippen molar-refractivity contribution in [2.75, 3.05) is 7.05 Å². The Bertz CT molecular complexity index is 303. The van der Waals surface area contributed by atoms with E-state index in [1.54, 1.807) is 0 Å². The summed E-state index contributed by atoms with van der Waals surface area (Å²) < 4.78 is 1.89. The average Bonchev–Trinajstić information content (AvgIpc) is 2.52. The summed E-state index contributed by atoms with van der Waals surface area (Å²) in [5.41, 5.74) is 0.206. The number of tetrazole rings is 1. The maximum Gasteiger partial charge on any atom is 0.165 e. The summed E-state index contributed by atoms with van der Waals surface area (Å²) in [6.07, 6.45) is 0. The summed E-state index contributed by atoms with van der Waals surface area (Å²) in [5.74, 6) is 1.50. The Balaban J connectivity index is 2.75. The predicted octanol–water partition coefficient (Wildman–Crippen LogP) is 1.07. The fourth-order valence-corrected chi connectivity index (χ4v) is 1.20. The summed E-state index contributed by atoms with van der Waals surface area (Å²) in [6.45, 7) is 10.5. The third kappa shape index (κ3) is 2.99. The van der Waals surface area contributed by atoms with Gasteiger partial charge in [-0.15, -0.1) is 5.10 Å². The van der Waals surface area contributed by atoms with Crippen molar-refractivity contribution in [3.8, 4) is 0 Å². The van der Waals surface area contributed by atoms with Crippen LogP contribution in [0.5, 0.6) is 0 Å². The number of nitrogens with one attached hydrogen (secondary N) is 1. The molecule has 0 aliphatic carbocycles. The van der Waals surface area contributed by atoms with Crippen LogP contribution < -0.4 is 5.32 Å². The first-order chi connectivity index (χ1) is 6.97. The average molecular weight is 211 g/mol.